The average Bonchev–Trinajstić information content (AvgIpc) is 3.68. The van der Waals surface area contributed by atoms with Crippen molar-refractivity contribution >= 4 is 22.8 Å². The molecule has 0 saturated heterocycles. The molecule has 7 rings (SSSR count). The number of hydrogen-bond acceptors (Lipinski definition) is 9. The summed E-state index contributed by atoms with van der Waals surface area (Å²) in [6.45, 7) is 44.1. The number of benzene rings is 2. The van der Waals surface area contributed by atoms with Gasteiger partial charge in [-0.2, -0.15) is 8.75 Å². The van der Waals surface area contributed by atoms with Gasteiger partial charge in [-0.05, 0) is 130 Å². The van der Waals surface area contributed by atoms with Crippen LogP contribution in [0.3, 0.4) is 0 Å². The van der Waals surface area contributed by atoms with Gasteiger partial charge in [-0.3, -0.25) is 19.9 Å². The van der Waals surface area contributed by atoms with E-state index in [1.165, 1.54) is 34.0 Å². The number of aromatic nitrogens is 8. The minimum Gasteiger partial charge on any atom is -0.261 e. The topological polar surface area (TPSA) is 103 Å². The summed E-state index contributed by atoms with van der Waals surface area (Å²) in [7, 11) is 0. The first-order valence-corrected chi connectivity index (χ1v) is 22.5. The van der Waals surface area contributed by atoms with Gasteiger partial charge >= 0.3 is 0 Å². The SMILES string of the molecule is CC.CC.CC.CC.CC.Cc1ccccc1C.Cc1cccnc1C.Cc1cccnc1C.Cc1nc2ccccc2nc1C.Cc1nccnc1C.Cc1nsnc1C. The first kappa shape index (κ1) is 62.4. The number of hydrogen-bond donors (Lipinski definition) is 0. The Kier molecular flexibility index (Phi) is 42.4. The zero-order chi connectivity index (χ0) is 47.8. The molecule has 0 saturated carbocycles. The van der Waals surface area contributed by atoms with E-state index in [0.717, 1.165) is 56.6 Å². The molecular weight excluding hydrogens is 769 g/mol. The van der Waals surface area contributed by atoms with Crippen LogP contribution in [0.5, 0.6) is 0 Å². The lowest BCUT2D eigenvalue weighted by Gasteiger charge is -2.00. The maximum atomic E-state index is 4.41. The van der Waals surface area contributed by atoms with Crippen LogP contribution >= 0.6 is 11.7 Å². The molecule has 61 heavy (non-hydrogen) atoms. The Hall–Kier alpha value is -5.28. The van der Waals surface area contributed by atoms with Gasteiger partial charge in [-0.1, -0.05) is 118 Å². The Morgan fingerprint density at radius 2 is 0.557 bits per heavy atom. The lowest BCUT2D eigenvalue weighted by Crippen LogP contribution is -1.92. The molecule has 0 amide bonds. The van der Waals surface area contributed by atoms with Crippen molar-refractivity contribution in [2.45, 2.75) is 152 Å². The molecule has 0 fully saturated rings. The molecule has 5 heterocycles. The molecule has 336 valence electrons. The summed E-state index contributed by atoms with van der Waals surface area (Å²) >= 11 is 1.27. The van der Waals surface area contributed by atoms with E-state index in [-0.39, 0.29) is 0 Å². The third-order valence-corrected chi connectivity index (χ3v) is 8.67. The van der Waals surface area contributed by atoms with Crippen molar-refractivity contribution in [2.75, 3.05) is 0 Å². The van der Waals surface area contributed by atoms with E-state index in [2.05, 4.69) is 103 Å². The number of rotatable bonds is 0. The Morgan fingerprint density at radius 1 is 0.279 bits per heavy atom. The second-order valence-corrected chi connectivity index (χ2v) is 12.5. The predicted octanol–water partition coefficient (Wildman–Crippen LogP) is 15.3. The van der Waals surface area contributed by atoms with Crippen LogP contribution in [-0.2, 0) is 0 Å². The first-order chi connectivity index (χ1) is 29.3. The highest BCUT2D eigenvalue weighted by molar-refractivity contribution is 6.99. The van der Waals surface area contributed by atoms with Crippen molar-refractivity contribution < 1.29 is 0 Å². The molecule has 0 N–H and O–H groups in total. The molecule has 0 atom stereocenters. The van der Waals surface area contributed by atoms with Crippen LogP contribution < -0.4 is 0 Å². The predicted molar refractivity (Wildman–Crippen MR) is 270 cm³/mol. The zero-order valence-electron chi connectivity index (χ0n) is 42.2. The molecule has 0 aliphatic heterocycles. The van der Waals surface area contributed by atoms with Gasteiger partial charge < -0.3 is 0 Å². The van der Waals surface area contributed by atoms with Crippen LogP contribution in [0.15, 0.2) is 97.6 Å². The normalized spacial score (nSPS) is 8.49. The Morgan fingerprint density at radius 3 is 0.770 bits per heavy atom. The van der Waals surface area contributed by atoms with E-state index in [9.17, 15) is 0 Å². The second-order valence-electron chi connectivity index (χ2n) is 11.9. The third kappa shape index (κ3) is 29.6. The lowest BCUT2D eigenvalue weighted by molar-refractivity contribution is 1.05. The fourth-order valence-electron chi connectivity index (χ4n) is 3.72. The molecule has 8 nitrogen and oxygen atoms in total. The summed E-state index contributed by atoms with van der Waals surface area (Å²) in [5, 5.41) is 0. The molecular formula is C52H82N8S. The van der Waals surface area contributed by atoms with Crippen molar-refractivity contribution in [3.05, 3.63) is 165 Å². The van der Waals surface area contributed by atoms with Crippen molar-refractivity contribution in [1.82, 2.24) is 38.7 Å². The molecule has 0 unspecified atom stereocenters. The fraction of sp³-hybridized carbons (Fsp3) is 0.423. The van der Waals surface area contributed by atoms with Crippen LogP contribution in [0.1, 0.15) is 137 Å². The minimum atomic E-state index is 0.973. The summed E-state index contributed by atoms with van der Waals surface area (Å²) in [4.78, 5) is 25.0. The minimum absolute atomic E-state index is 0.973. The first-order valence-electron chi connectivity index (χ1n) is 21.8. The molecule has 9 heteroatoms. The van der Waals surface area contributed by atoms with Gasteiger partial charge in [0.2, 0.25) is 0 Å². The molecule has 0 aliphatic carbocycles. The molecule has 7 aromatic rings. The Labute approximate surface area is 377 Å². The van der Waals surface area contributed by atoms with Crippen molar-refractivity contribution in [1.29, 1.82) is 0 Å². The monoisotopic (exact) mass is 851 g/mol. The van der Waals surface area contributed by atoms with Gasteiger partial charge in [0, 0.05) is 36.2 Å². The van der Waals surface area contributed by atoms with E-state index in [1.807, 2.05) is 173 Å². The maximum Gasteiger partial charge on any atom is 0.0890 e. The summed E-state index contributed by atoms with van der Waals surface area (Å²) in [6, 6.07) is 24.3. The zero-order valence-corrected chi connectivity index (χ0v) is 43.0. The summed E-state index contributed by atoms with van der Waals surface area (Å²) in [6.07, 6.45) is 7.01. The van der Waals surface area contributed by atoms with E-state index >= 15 is 0 Å². The van der Waals surface area contributed by atoms with Crippen molar-refractivity contribution in [2.24, 2.45) is 0 Å². The molecule has 0 aliphatic rings. The van der Waals surface area contributed by atoms with Crippen LogP contribution in [0.4, 0.5) is 0 Å². The fourth-order valence-corrected chi connectivity index (χ4v) is 4.27. The van der Waals surface area contributed by atoms with Gasteiger partial charge in [0.05, 0.1) is 56.9 Å². The van der Waals surface area contributed by atoms with Gasteiger partial charge in [-0.15, -0.1) is 0 Å². The average molecular weight is 851 g/mol. The third-order valence-electron chi connectivity index (χ3n) is 7.96. The van der Waals surface area contributed by atoms with Crippen LogP contribution in [0, 0.1) is 83.1 Å². The molecule has 0 spiro atoms. The van der Waals surface area contributed by atoms with E-state index in [1.54, 1.807) is 12.4 Å². The van der Waals surface area contributed by atoms with Crippen LogP contribution in [0.2, 0.25) is 0 Å². The van der Waals surface area contributed by atoms with Gasteiger partial charge in [0.15, 0.2) is 0 Å². The standard InChI is InChI=1S/C10H10N2.C8H10.2C7H9N.C6H8N2.C4H6N2S.5C2H6/c1-7-8(2)12-10-6-4-3-5-9(10)11-7;1-7-5-3-4-6-8(7)2;2*1-6-4-3-5-8-7(6)2;1-5-6(2)8-4-3-7-5;1-3-4(2)6-7-5-3;5*1-2/h3-6H,1-2H3;3-6H,1-2H3;2*3-5H,1-2H3;3-4H,1-2H3;1-2H3;5*1-2H3. The van der Waals surface area contributed by atoms with E-state index in [4.69, 9.17) is 0 Å². The summed E-state index contributed by atoms with van der Waals surface area (Å²) < 4.78 is 7.89. The molecule has 0 bridgehead atoms. The number of para-hydroxylation sites is 2. The van der Waals surface area contributed by atoms with E-state index in [0.29, 0.717) is 0 Å². The van der Waals surface area contributed by atoms with E-state index < -0.39 is 0 Å². The largest absolute Gasteiger partial charge is 0.261 e. The van der Waals surface area contributed by atoms with Crippen LogP contribution in [-0.4, -0.2) is 38.7 Å². The summed E-state index contributed by atoms with van der Waals surface area (Å²) in [5.41, 5.74) is 15.6. The highest BCUT2D eigenvalue weighted by Gasteiger charge is 1.98. The highest BCUT2D eigenvalue weighted by atomic mass is 32.1. The van der Waals surface area contributed by atoms with Crippen LogP contribution in [0.25, 0.3) is 11.0 Å². The number of nitrogens with zero attached hydrogens (tertiary/aromatic N) is 8. The Bertz CT molecular complexity index is 1740. The highest BCUT2D eigenvalue weighted by Crippen LogP contribution is 2.11. The van der Waals surface area contributed by atoms with Gasteiger partial charge in [-0.25, -0.2) is 9.97 Å². The van der Waals surface area contributed by atoms with Crippen molar-refractivity contribution in [3.63, 3.8) is 0 Å². The van der Waals surface area contributed by atoms with Gasteiger partial charge in [0.1, 0.15) is 0 Å². The number of aryl methyl sites for hydroxylation is 12. The van der Waals surface area contributed by atoms with Crippen molar-refractivity contribution in [3.8, 4) is 0 Å². The molecule has 2 aromatic carbocycles. The Balaban J connectivity index is -0.000000309. The van der Waals surface area contributed by atoms with Gasteiger partial charge in [0.25, 0.3) is 0 Å². The number of fused-ring (bicyclic) bond motifs is 1. The smallest absolute Gasteiger partial charge is 0.0890 e. The molecule has 0 radical (unpaired) electrons. The number of pyridine rings is 2. The molecule has 5 aromatic heterocycles. The second kappa shape index (κ2) is 41.5. The summed E-state index contributed by atoms with van der Waals surface area (Å²) in [5.74, 6) is 0. The maximum absolute atomic E-state index is 4.41. The lowest BCUT2D eigenvalue weighted by atomic mass is 10.1. The quantitative estimate of drug-likeness (QED) is 0.149.